The lowest BCUT2D eigenvalue weighted by Crippen LogP contribution is -2.80. The van der Waals surface area contributed by atoms with Crippen LogP contribution in [0.4, 0.5) is 5.69 Å². The summed E-state index contributed by atoms with van der Waals surface area (Å²) in [5, 5.41) is 26.3. The predicted octanol–water partition coefficient (Wildman–Crippen LogP) is 4.18. The summed E-state index contributed by atoms with van der Waals surface area (Å²) in [6.45, 7) is 7.97. The van der Waals surface area contributed by atoms with Crippen LogP contribution in [0.2, 0.25) is 0 Å². The largest absolute Gasteiger partial charge is 0.496 e. The molecule has 2 aromatic carbocycles. The molecule has 9 atom stereocenters. The lowest BCUT2D eigenvalue weighted by molar-refractivity contribution is -0.218. The Hall–Kier alpha value is -4.16. The van der Waals surface area contributed by atoms with E-state index in [9.17, 15) is 15.0 Å². The number of nitrogens with zero attached hydrogens (tertiary/aromatic N) is 3. The lowest BCUT2D eigenvalue weighted by Gasteiger charge is -2.63. The summed E-state index contributed by atoms with van der Waals surface area (Å²) >= 11 is 0. The quantitative estimate of drug-likeness (QED) is 0.251. The molecule has 2 bridgehead atoms. The summed E-state index contributed by atoms with van der Waals surface area (Å²) in [7, 11) is 6.24. The van der Waals surface area contributed by atoms with Gasteiger partial charge in [0.05, 0.1) is 27.4 Å². The predicted molar refractivity (Wildman–Crippen MR) is 205 cm³/mol. The third kappa shape index (κ3) is 4.21. The highest BCUT2D eigenvalue weighted by Gasteiger charge is 2.79. The topological polar surface area (TPSA) is 128 Å². The third-order valence-electron chi connectivity index (χ3n) is 14.5. The van der Waals surface area contributed by atoms with Gasteiger partial charge in [0.15, 0.2) is 0 Å². The van der Waals surface area contributed by atoms with Crippen molar-refractivity contribution in [1.29, 1.82) is 0 Å². The molecule has 6 heterocycles. The van der Waals surface area contributed by atoms with E-state index >= 15 is 4.79 Å². The Bertz CT molecular complexity index is 2130. The number of H-pyrrole nitrogens is 1. The SMILES string of the molecule is CCC1=C[C@H]2CN(C1)Cc1c([nH]c3ccccc13)[C@@](C(=O)OC)(c1cc3c(cc1OC)N(C)[C@H]1[C@@](O)(C(=O)OC)[C@H](O)[C@]4(CC)C=CCN5CC[C@]31[C@@H]54)C2. The summed E-state index contributed by atoms with van der Waals surface area (Å²) < 4.78 is 17.6. The molecule has 3 aromatic rings. The van der Waals surface area contributed by atoms with Crippen LogP contribution in [-0.2, 0) is 36.4 Å². The van der Waals surface area contributed by atoms with Gasteiger partial charge >= 0.3 is 11.9 Å². The number of anilines is 1. The van der Waals surface area contributed by atoms with Crippen LogP contribution in [-0.4, -0.2) is 115 Å². The highest BCUT2D eigenvalue weighted by Crippen LogP contribution is 2.67. The molecule has 54 heavy (non-hydrogen) atoms. The standard InChI is InChI=1S/C43H52N4O7/c1-7-25-18-26-21-42(38(49)53-5,34-28(24-46(22-25)23-26)27-12-9-10-13-31(27)44-34)30-19-29-32(20-33(30)52-4)45(3)36-41(29)15-17-47-16-11-14-40(8-2,35(41)47)37(48)43(36,51)39(50)54-6/h9-14,18-20,26,35-37,44,48,51H,7-8,15-17,21-24H2,1-6H3/t26-,35+,36-,37-,40-,41-,42+,43+/m1/s1. The number of hydrogen-bond donors (Lipinski definition) is 3. The van der Waals surface area contributed by atoms with Gasteiger partial charge in [-0.05, 0) is 61.4 Å². The van der Waals surface area contributed by atoms with E-state index in [1.165, 1.54) is 19.8 Å². The van der Waals surface area contributed by atoms with Gasteiger partial charge in [0.1, 0.15) is 17.3 Å². The molecule has 286 valence electrons. The molecule has 2 fully saturated rings. The number of aromatic nitrogens is 1. The van der Waals surface area contributed by atoms with Crippen molar-refractivity contribution in [3.63, 3.8) is 0 Å². The molecule has 1 spiro atoms. The average Bonchev–Trinajstić information content (AvgIpc) is 3.84. The van der Waals surface area contributed by atoms with Crippen LogP contribution in [0.5, 0.6) is 5.75 Å². The number of carbonyl (C=O) groups is 2. The molecule has 1 unspecified atom stereocenters. The maximum atomic E-state index is 15.1. The number of likely N-dealkylation sites (N-methyl/N-ethyl adjacent to an activating group) is 1. The van der Waals surface area contributed by atoms with E-state index in [0.29, 0.717) is 50.2 Å². The Kier molecular flexibility index (Phi) is 8.01. The number of para-hydroxylation sites is 1. The number of hydrogen-bond acceptors (Lipinski definition) is 10. The number of methoxy groups -OCH3 is 3. The smallest absolute Gasteiger partial charge is 0.342 e. The normalized spacial score (nSPS) is 36.3. The van der Waals surface area contributed by atoms with Gasteiger partial charge in [0.2, 0.25) is 5.60 Å². The third-order valence-corrected chi connectivity index (χ3v) is 14.5. The van der Waals surface area contributed by atoms with E-state index in [4.69, 9.17) is 14.2 Å². The minimum absolute atomic E-state index is 0.0475. The number of aliphatic hydroxyl groups is 2. The fourth-order valence-corrected chi connectivity index (χ4v) is 12.5. The van der Waals surface area contributed by atoms with Gasteiger partial charge in [-0.15, -0.1) is 0 Å². The van der Waals surface area contributed by atoms with E-state index in [2.05, 4.69) is 52.1 Å². The van der Waals surface area contributed by atoms with Crippen molar-refractivity contribution < 1.29 is 34.0 Å². The second kappa shape index (κ2) is 12.2. The maximum absolute atomic E-state index is 15.1. The number of ether oxygens (including phenoxy) is 3. The lowest BCUT2D eigenvalue weighted by atomic mass is 9.47. The van der Waals surface area contributed by atoms with Crippen LogP contribution in [0, 0.1) is 11.3 Å². The van der Waals surface area contributed by atoms with E-state index in [1.54, 1.807) is 7.11 Å². The second-order valence-electron chi connectivity index (χ2n) is 16.6. The summed E-state index contributed by atoms with van der Waals surface area (Å²) in [4.78, 5) is 39.7. The molecule has 0 radical (unpaired) electrons. The summed E-state index contributed by atoms with van der Waals surface area (Å²) in [5.41, 5.74) is 1.24. The van der Waals surface area contributed by atoms with Crippen molar-refractivity contribution in [2.75, 3.05) is 59.5 Å². The zero-order valence-electron chi connectivity index (χ0n) is 32.1. The highest BCUT2D eigenvalue weighted by molar-refractivity contribution is 5.95. The molecule has 3 N–H and O–H groups in total. The molecule has 1 aliphatic carbocycles. The molecule has 0 amide bonds. The van der Waals surface area contributed by atoms with E-state index in [-0.39, 0.29) is 17.9 Å². The fraction of sp³-hybridized carbons (Fsp3) is 0.535. The number of benzene rings is 2. The first-order valence-corrected chi connectivity index (χ1v) is 19.5. The minimum Gasteiger partial charge on any atom is -0.496 e. The van der Waals surface area contributed by atoms with Gasteiger partial charge in [-0.3, -0.25) is 14.6 Å². The summed E-state index contributed by atoms with van der Waals surface area (Å²) in [6.07, 6.45) is 7.52. The van der Waals surface area contributed by atoms with E-state index in [1.807, 2.05) is 43.1 Å². The first kappa shape index (κ1) is 35.5. The second-order valence-corrected chi connectivity index (χ2v) is 16.6. The Morgan fingerprint density at radius 2 is 1.80 bits per heavy atom. The van der Waals surface area contributed by atoms with E-state index in [0.717, 1.165) is 52.9 Å². The average molecular weight is 737 g/mol. The Balaban J connectivity index is 1.37. The maximum Gasteiger partial charge on any atom is 0.342 e. The van der Waals surface area contributed by atoms with Gasteiger partial charge in [-0.1, -0.05) is 55.8 Å². The number of nitrogens with one attached hydrogen (secondary N) is 1. The molecule has 6 aliphatic rings. The van der Waals surface area contributed by atoms with Crippen molar-refractivity contribution >= 4 is 28.5 Å². The van der Waals surface area contributed by atoms with Crippen molar-refractivity contribution in [3.05, 3.63) is 82.6 Å². The Morgan fingerprint density at radius 1 is 1.02 bits per heavy atom. The molecule has 11 heteroatoms. The van der Waals surface area contributed by atoms with Crippen LogP contribution in [0.1, 0.15) is 61.9 Å². The summed E-state index contributed by atoms with van der Waals surface area (Å²) in [5.74, 6) is -0.669. The zero-order chi connectivity index (χ0) is 37.9. The monoisotopic (exact) mass is 736 g/mol. The molecular weight excluding hydrogens is 684 g/mol. The van der Waals surface area contributed by atoms with Gasteiger partial charge < -0.3 is 34.3 Å². The van der Waals surface area contributed by atoms with Crippen LogP contribution in [0.25, 0.3) is 10.9 Å². The van der Waals surface area contributed by atoms with Crippen LogP contribution >= 0.6 is 0 Å². The van der Waals surface area contributed by atoms with Gasteiger partial charge in [-0.25, -0.2) is 4.79 Å². The van der Waals surface area contributed by atoms with Crippen LogP contribution in [0.15, 0.2) is 60.2 Å². The molecule has 1 saturated heterocycles. The molecule has 11 nitrogen and oxygen atoms in total. The minimum atomic E-state index is -2.27. The van der Waals surface area contributed by atoms with Gasteiger partial charge in [0.25, 0.3) is 0 Å². The first-order valence-electron chi connectivity index (χ1n) is 19.5. The Morgan fingerprint density at radius 3 is 2.52 bits per heavy atom. The first-order chi connectivity index (χ1) is 26.0. The number of fused-ring (bicyclic) bond motifs is 6. The molecule has 9 rings (SSSR count). The van der Waals surface area contributed by atoms with Crippen molar-refractivity contribution in [1.82, 2.24) is 14.8 Å². The molecular formula is C43H52N4O7. The summed E-state index contributed by atoms with van der Waals surface area (Å²) in [6, 6.07) is 11.3. The fourth-order valence-electron chi connectivity index (χ4n) is 12.5. The molecule has 1 saturated carbocycles. The van der Waals surface area contributed by atoms with E-state index < -0.39 is 40.0 Å². The van der Waals surface area contributed by atoms with Crippen molar-refractivity contribution in [3.8, 4) is 5.75 Å². The van der Waals surface area contributed by atoms with Crippen molar-refractivity contribution in [2.24, 2.45) is 11.3 Å². The van der Waals surface area contributed by atoms with Crippen LogP contribution in [0.3, 0.4) is 0 Å². The van der Waals surface area contributed by atoms with Gasteiger partial charge in [0, 0.05) is 84.0 Å². The highest BCUT2D eigenvalue weighted by atomic mass is 16.5. The number of carbonyl (C=O) groups excluding carboxylic acids is 2. The molecule has 5 aliphatic heterocycles. The Labute approximate surface area is 316 Å². The number of rotatable bonds is 6. The van der Waals surface area contributed by atoms with Crippen molar-refractivity contribution in [2.45, 2.75) is 80.7 Å². The number of esters is 2. The molecule has 1 aromatic heterocycles. The number of aliphatic hydroxyl groups excluding tert-OH is 1. The zero-order valence-corrected chi connectivity index (χ0v) is 32.1. The van der Waals surface area contributed by atoms with Crippen LogP contribution < -0.4 is 9.64 Å². The van der Waals surface area contributed by atoms with Gasteiger partial charge in [-0.2, -0.15) is 0 Å². The number of aromatic amines is 1.